The fraction of sp³-hybridized carbons (Fsp3) is 1.00. The van der Waals surface area contributed by atoms with E-state index in [9.17, 15) is 0 Å². The van der Waals surface area contributed by atoms with Crippen LogP contribution < -0.4 is 0 Å². The molecule has 1 saturated heterocycles. The van der Waals surface area contributed by atoms with E-state index in [-0.39, 0.29) is 0 Å². The molecule has 1 rings (SSSR count). The van der Waals surface area contributed by atoms with Crippen molar-refractivity contribution in [3.05, 3.63) is 0 Å². The zero-order chi connectivity index (χ0) is 17.5. The van der Waals surface area contributed by atoms with Crippen molar-refractivity contribution >= 4 is 0 Å². The molecule has 1 fully saturated rings. The molecular weight excluding hydrogens is 306 g/mol. The van der Waals surface area contributed by atoms with Crippen LogP contribution in [0.15, 0.2) is 0 Å². The Kier molecular flexibility index (Phi) is 13.7. The van der Waals surface area contributed by atoms with E-state index in [2.05, 4.69) is 35.5 Å². The first kappa shape index (κ1) is 21.8. The maximum atomic E-state index is 5.80. The predicted octanol–water partition coefficient (Wildman–Crippen LogP) is 1.02. The molecule has 0 amide bonds. The number of nitrogens with zero attached hydrogens (tertiary/aromatic N) is 3. The Labute approximate surface area is 149 Å². The minimum absolute atomic E-state index is 0.797. The van der Waals surface area contributed by atoms with Crippen LogP contribution in [0.4, 0.5) is 0 Å². The summed E-state index contributed by atoms with van der Waals surface area (Å²) in [5.41, 5.74) is 0. The molecule has 0 aromatic heterocycles. The zero-order valence-electron chi connectivity index (χ0n) is 16.2. The van der Waals surface area contributed by atoms with Crippen molar-refractivity contribution < 1.29 is 14.2 Å². The van der Waals surface area contributed by atoms with Gasteiger partial charge in [-0.2, -0.15) is 0 Å². The molecule has 0 aromatic rings. The van der Waals surface area contributed by atoms with E-state index in [1.165, 1.54) is 0 Å². The lowest BCUT2D eigenvalue weighted by atomic mass is 10.4. The molecule has 0 bridgehead atoms. The average Bonchev–Trinajstić information content (AvgIpc) is 2.61. The van der Waals surface area contributed by atoms with Gasteiger partial charge in [0.2, 0.25) is 0 Å². The Morgan fingerprint density at radius 2 is 0.667 bits per heavy atom. The van der Waals surface area contributed by atoms with Crippen molar-refractivity contribution in [2.45, 2.75) is 20.8 Å². The summed E-state index contributed by atoms with van der Waals surface area (Å²) >= 11 is 0. The lowest BCUT2D eigenvalue weighted by Gasteiger charge is -2.24. The standard InChI is InChI=1S/C18H39N3O3/c1-4-19-7-13-22-15-9-20(5-2)11-17-24-18-12-21(6-3)10-16-23-14-8-19/h4-18H2,1-3H3. The number of likely N-dealkylation sites (N-methyl/N-ethyl adjacent to an activating group) is 3. The van der Waals surface area contributed by atoms with Crippen LogP contribution in [0.1, 0.15) is 20.8 Å². The van der Waals surface area contributed by atoms with E-state index >= 15 is 0 Å². The average molecular weight is 346 g/mol. The van der Waals surface area contributed by atoms with Gasteiger partial charge >= 0.3 is 0 Å². The van der Waals surface area contributed by atoms with Gasteiger partial charge in [0.15, 0.2) is 0 Å². The molecule has 0 aromatic carbocycles. The van der Waals surface area contributed by atoms with Gasteiger partial charge in [0, 0.05) is 39.3 Å². The summed E-state index contributed by atoms with van der Waals surface area (Å²) in [5.74, 6) is 0. The van der Waals surface area contributed by atoms with Crippen LogP contribution in [0.2, 0.25) is 0 Å². The normalized spacial score (nSPS) is 23.6. The molecule has 0 spiro atoms. The smallest absolute Gasteiger partial charge is 0.0594 e. The Morgan fingerprint density at radius 1 is 0.458 bits per heavy atom. The molecule has 0 N–H and O–H groups in total. The summed E-state index contributed by atoms with van der Waals surface area (Å²) < 4.78 is 17.4. The first-order chi connectivity index (χ1) is 11.8. The first-order valence-corrected chi connectivity index (χ1v) is 9.70. The molecular formula is C18H39N3O3. The number of rotatable bonds is 3. The highest BCUT2D eigenvalue weighted by Gasteiger charge is 2.07. The largest absolute Gasteiger partial charge is 0.379 e. The van der Waals surface area contributed by atoms with Crippen LogP contribution in [-0.2, 0) is 14.2 Å². The van der Waals surface area contributed by atoms with Gasteiger partial charge in [-0.25, -0.2) is 0 Å². The van der Waals surface area contributed by atoms with Gasteiger partial charge in [0.05, 0.1) is 39.6 Å². The van der Waals surface area contributed by atoms with Gasteiger partial charge in [-0.05, 0) is 19.6 Å². The first-order valence-electron chi connectivity index (χ1n) is 9.70. The van der Waals surface area contributed by atoms with Crippen LogP contribution in [0.3, 0.4) is 0 Å². The van der Waals surface area contributed by atoms with Gasteiger partial charge in [-0.1, -0.05) is 20.8 Å². The van der Waals surface area contributed by atoms with Gasteiger partial charge in [0.1, 0.15) is 0 Å². The van der Waals surface area contributed by atoms with E-state index in [0.717, 1.165) is 98.5 Å². The van der Waals surface area contributed by atoms with Gasteiger partial charge < -0.3 is 14.2 Å². The van der Waals surface area contributed by atoms with Crippen LogP contribution in [0, 0.1) is 0 Å². The van der Waals surface area contributed by atoms with Crippen LogP contribution >= 0.6 is 0 Å². The Balaban J connectivity index is 2.39. The SMILES string of the molecule is CCN1CCOCCN(CC)CCOCCN(CC)CCOCC1. The van der Waals surface area contributed by atoms with Crippen molar-refractivity contribution in [1.29, 1.82) is 0 Å². The highest BCUT2D eigenvalue weighted by atomic mass is 16.5. The van der Waals surface area contributed by atoms with Crippen molar-refractivity contribution in [3.63, 3.8) is 0 Å². The van der Waals surface area contributed by atoms with Crippen molar-refractivity contribution in [2.24, 2.45) is 0 Å². The lowest BCUT2D eigenvalue weighted by molar-refractivity contribution is 0.0406. The van der Waals surface area contributed by atoms with E-state index in [1.54, 1.807) is 0 Å². The summed E-state index contributed by atoms with van der Waals surface area (Å²) in [6, 6.07) is 0. The summed E-state index contributed by atoms with van der Waals surface area (Å²) in [7, 11) is 0. The quantitative estimate of drug-likeness (QED) is 0.760. The van der Waals surface area contributed by atoms with Crippen molar-refractivity contribution in [1.82, 2.24) is 14.7 Å². The Hall–Kier alpha value is -0.240. The molecule has 0 radical (unpaired) electrons. The molecule has 6 heteroatoms. The second kappa shape index (κ2) is 15.0. The van der Waals surface area contributed by atoms with E-state index in [0.29, 0.717) is 0 Å². The van der Waals surface area contributed by atoms with Crippen LogP contribution in [0.5, 0.6) is 0 Å². The zero-order valence-corrected chi connectivity index (χ0v) is 16.2. The monoisotopic (exact) mass is 345 g/mol. The molecule has 144 valence electrons. The molecule has 1 heterocycles. The summed E-state index contributed by atoms with van der Waals surface area (Å²) in [6.45, 7) is 20.4. The molecule has 0 unspecified atom stereocenters. The molecule has 0 saturated carbocycles. The minimum Gasteiger partial charge on any atom is -0.379 e. The molecule has 24 heavy (non-hydrogen) atoms. The lowest BCUT2D eigenvalue weighted by Crippen LogP contribution is -2.35. The van der Waals surface area contributed by atoms with Gasteiger partial charge in [0.25, 0.3) is 0 Å². The maximum absolute atomic E-state index is 5.80. The maximum Gasteiger partial charge on any atom is 0.0594 e. The van der Waals surface area contributed by atoms with Crippen molar-refractivity contribution in [3.8, 4) is 0 Å². The third-order valence-corrected chi connectivity index (χ3v) is 4.65. The highest BCUT2D eigenvalue weighted by Crippen LogP contribution is 1.95. The number of hydrogen-bond acceptors (Lipinski definition) is 6. The summed E-state index contributed by atoms with van der Waals surface area (Å²) in [4.78, 5) is 7.18. The van der Waals surface area contributed by atoms with Crippen molar-refractivity contribution in [2.75, 3.05) is 98.5 Å². The van der Waals surface area contributed by atoms with E-state index in [1.807, 2.05) is 0 Å². The third-order valence-electron chi connectivity index (χ3n) is 4.65. The second-order valence-electron chi connectivity index (χ2n) is 6.14. The molecule has 6 nitrogen and oxygen atoms in total. The van der Waals surface area contributed by atoms with E-state index in [4.69, 9.17) is 14.2 Å². The van der Waals surface area contributed by atoms with Crippen LogP contribution in [0.25, 0.3) is 0 Å². The van der Waals surface area contributed by atoms with Gasteiger partial charge in [-0.3, -0.25) is 14.7 Å². The van der Waals surface area contributed by atoms with Gasteiger partial charge in [-0.15, -0.1) is 0 Å². The topological polar surface area (TPSA) is 37.4 Å². The molecule has 0 aliphatic carbocycles. The number of ether oxygens (including phenoxy) is 3. The number of hydrogen-bond donors (Lipinski definition) is 0. The Bertz CT molecular complexity index is 221. The minimum atomic E-state index is 0.797. The molecule has 1 aliphatic heterocycles. The second-order valence-corrected chi connectivity index (χ2v) is 6.14. The van der Waals surface area contributed by atoms with E-state index < -0.39 is 0 Å². The molecule has 0 atom stereocenters. The third kappa shape index (κ3) is 10.6. The highest BCUT2D eigenvalue weighted by molar-refractivity contribution is 4.59. The van der Waals surface area contributed by atoms with Crippen LogP contribution in [-0.4, -0.2) is 113 Å². The fourth-order valence-electron chi connectivity index (χ4n) is 2.75. The predicted molar refractivity (Wildman–Crippen MR) is 98.8 cm³/mol. The summed E-state index contributed by atoms with van der Waals surface area (Å²) in [5, 5.41) is 0. The fourth-order valence-corrected chi connectivity index (χ4v) is 2.75. The molecule has 1 aliphatic rings. The summed E-state index contributed by atoms with van der Waals surface area (Å²) in [6.07, 6.45) is 0. The Morgan fingerprint density at radius 3 is 0.833 bits per heavy atom.